The summed E-state index contributed by atoms with van der Waals surface area (Å²) >= 11 is 5.58. The van der Waals surface area contributed by atoms with Gasteiger partial charge in [0.2, 0.25) is 11.8 Å². The Labute approximate surface area is 184 Å². The van der Waals surface area contributed by atoms with Crippen LogP contribution < -0.4 is 15.5 Å². The minimum absolute atomic E-state index is 0.132. The highest BCUT2D eigenvalue weighted by Gasteiger charge is 2.28. The number of carbonyl (C=O) groups excluding carboxylic acids is 3. The van der Waals surface area contributed by atoms with Gasteiger partial charge >= 0.3 is 0 Å². The summed E-state index contributed by atoms with van der Waals surface area (Å²) < 4.78 is 0. The van der Waals surface area contributed by atoms with E-state index in [4.69, 9.17) is 11.6 Å². The van der Waals surface area contributed by atoms with Crippen molar-refractivity contribution in [1.29, 1.82) is 0 Å². The average Bonchev–Trinajstić information content (AvgIpc) is 2.89. The van der Waals surface area contributed by atoms with Crippen molar-refractivity contribution in [2.24, 2.45) is 0 Å². The third-order valence-electron chi connectivity index (χ3n) is 4.95. The van der Waals surface area contributed by atoms with E-state index in [0.717, 1.165) is 5.56 Å². The van der Waals surface area contributed by atoms with Crippen LogP contribution in [0.1, 0.15) is 22.3 Å². The highest BCUT2D eigenvalue weighted by atomic mass is 35.5. The highest BCUT2D eigenvalue weighted by molar-refractivity contribution is 6.19. The maximum Gasteiger partial charge on any atom is 0.257 e. The molecule has 0 bridgehead atoms. The fourth-order valence-electron chi connectivity index (χ4n) is 3.49. The molecule has 0 saturated heterocycles. The molecule has 3 amide bonds. The molecule has 4 rings (SSSR count). The number of halogens is 1. The predicted octanol–water partition coefficient (Wildman–Crippen LogP) is 4.73. The zero-order valence-corrected chi connectivity index (χ0v) is 17.4. The molecule has 0 fully saturated rings. The van der Waals surface area contributed by atoms with Gasteiger partial charge in [-0.25, -0.2) is 0 Å². The molecule has 3 aromatic carbocycles. The predicted molar refractivity (Wildman–Crippen MR) is 122 cm³/mol. The van der Waals surface area contributed by atoms with E-state index in [0.29, 0.717) is 28.3 Å². The lowest BCUT2D eigenvalue weighted by Crippen LogP contribution is -2.28. The number of nitrogens with zero attached hydrogens (tertiary/aromatic N) is 1. The van der Waals surface area contributed by atoms with Crippen molar-refractivity contribution < 1.29 is 14.4 Å². The van der Waals surface area contributed by atoms with E-state index in [1.54, 1.807) is 59.5 Å². The maximum atomic E-state index is 13.4. The summed E-state index contributed by atoms with van der Waals surface area (Å²) in [5, 5.41) is 5.64. The number of hydrogen-bond donors (Lipinski definition) is 2. The summed E-state index contributed by atoms with van der Waals surface area (Å²) in [6.45, 7) is 0. The van der Waals surface area contributed by atoms with Crippen LogP contribution in [-0.4, -0.2) is 23.6 Å². The molecule has 31 heavy (non-hydrogen) atoms. The van der Waals surface area contributed by atoms with Gasteiger partial charge in [-0.2, -0.15) is 0 Å². The maximum absolute atomic E-state index is 13.4. The first-order valence-electron chi connectivity index (χ1n) is 9.84. The van der Waals surface area contributed by atoms with Crippen LogP contribution in [0.3, 0.4) is 0 Å². The number of benzene rings is 3. The van der Waals surface area contributed by atoms with Crippen LogP contribution in [0.5, 0.6) is 0 Å². The van der Waals surface area contributed by atoms with Crippen LogP contribution in [0.4, 0.5) is 22.7 Å². The molecular formula is C24H20ClN3O3. The first-order chi connectivity index (χ1) is 15.1. The number of nitrogens with one attached hydrogen (secondary N) is 2. The molecule has 0 saturated carbocycles. The van der Waals surface area contributed by atoms with Gasteiger partial charge in [0.05, 0.1) is 29.0 Å². The molecule has 1 aliphatic rings. The number of anilines is 4. The van der Waals surface area contributed by atoms with Crippen molar-refractivity contribution in [3.05, 3.63) is 83.9 Å². The molecule has 156 valence electrons. The molecule has 2 N–H and O–H groups in total. The summed E-state index contributed by atoms with van der Waals surface area (Å²) in [6.07, 6.45) is 0.370. The minimum atomic E-state index is -0.254. The monoisotopic (exact) mass is 433 g/mol. The molecule has 0 aliphatic carbocycles. The molecule has 0 atom stereocenters. The van der Waals surface area contributed by atoms with Crippen LogP contribution in [0.2, 0.25) is 0 Å². The van der Waals surface area contributed by atoms with Crippen molar-refractivity contribution in [2.75, 3.05) is 21.4 Å². The lowest BCUT2D eigenvalue weighted by Gasteiger charge is -2.24. The molecule has 7 heteroatoms. The fraction of sp³-hybridized carbons (Fsp3) is 0.125. The van der Waals surface area contributed by atoms with Gasteiger partial charge in [-0.3, -0.25) is 19.3 Å². The smallest absolute Gasteiger partial charge is 0.257 e. The van der Waals surface area contributed by atoms with E-state index in [2.05, 4.69) is 10.6 Å². The van der Waals surface area contributed by atoms with Gasteiger partial charge in [-0.1, -0.05) is 36.4 Å². The van der Waals surface area contributed by atoms with Crippen molar-refractivity contribution in [3.63, 3.8) is 0 Å². The van der Waals surface area contributed by atoms with Crippen molar-refractivity contribution in [1.82, 2.24) is 0 Å². The normalized spacial score (nSPS) is 12.3. The Morgan fingerprint density at radius 2 is 1.58 bits per heavy atom. The molecule has 1 heterocycles. The molecule has 0 unspecified atom stereocenters. The van der Waals surface area contributed by atoms with Crippen LogP contribution in [0, 0.1) is 0 Å². The Kier molecular flexibility index (Phi) is 6.00. The molecule has 3 aromatic rings. The first kappa shape index (κ1) is 20.6. The molecule has 0 aromatic heterocycles. The third kappa shape index (κ3) is 4.44. The molecule has 0 spiro atoms. The SMILES string of the molecule is O=C(CCCl)Nc1ccc(CC(=O)N2c3ccccc3NC(=O)c3ccccc32)cc1. The largest absolute Gasteiger partial charge is 0.326 e. The quantitative estimate of drug-likeness (QED) is 0.571. The van der Waals surface area contributed by atoms with Crippen LogP contribution in [0.25, 0.3) is 0 Å². The summed E-state index contributed by atoms with van der Waals surface area (Å²) in [5.41, 5.74) is 3.61. The second-order valence-corrected chi connectivity index (χ2v) is 7.46. The highest BCUT2D eigenvalue weighted by Crippen LogP contribution is 2.38. The summed E-state index contributed by atoms with van der Waals surface area (Å²) in [5.74, 6) is -0.325. The number of rotatable bonds is 5. The Hall–Kier alpha value is -3.64. The van der Waals surface area contributed by atoms with Crippen LogP contribution in [0.15, 0.2) is 72.8 Å². The standard InChI is InChI=1S/C24H20ClN3O3/c25-14-13-22(29)26-17-11-9-16(10-12-17)15-23(30)28-20-7-3-1-5-18(20)24(31)27-19-6-2-4-8-21(19)28/h1-12H,13-15H2,(H,26,29)(H,27,31). The lowest BCUT2D eigenvalue weighted by atomic mass is 10.1. The fourth-order valence-corrected chi connectivity index (χ4v) is 3.66. The molecule has 6 nitrogen and oxygen atoms in total. The Morgan fingerprint density at radius 1 is 0.903 bits per heavy atom. The number of hydrogen-bond acceptors (Lipinski definition) is 3. The van der Waals surface area contributed by atoms with Crippen molar-refractivity contribution in [2.45, 2.75) is 12.8 Å². The third-order valence-corrected chi connectivity index (χ3v) is 5.14. The van der Waals surface area contributed by atoms with E-state index in [-0.39, 0.29) is 36.4 Å². The van der Waals surface area contributed by atoms with Crippen molar-refractivity contribution >= 4 is 52.1 Å². The number of amides is 3. The van der Waals surface area contributed by atoms with E-state index in [9.17, 15) is 14.4 Å². The van der Waals surface area contributed by atoms with Gasteiger partial charge in [0.25, 0.3) is 5.91 Å². The second-order valence-electron chi connectivity index (χ2n) is 7.08. The van der Waals surface area contributed by atoms with Crippen LogP contribution >= 0.6 is 11.6 Å². The van der Waals surface area contributed by atoms with Gasteiger partial charge in [-0.05, 0) is 42.0 Å². The van der Waals surface area contributed by atoms with E-state index in [1.807, 2.05) is 18.2 Å². The summed E-state index contributed by atoms with van der Waals surface area (Å²) in [4.78, 5) is 39.3. The second kappa shape index (κ2) is 9.02. The molecule has 1 aliphatic heterocycles. The average molecular weight is 434 g/mol. The van der Waals surface area contributed by atoms with Crippen molar-refractivity contribution in [3.8, 4) is 0 Å². The van der Waals surface area contributed by atoms with Gasteiger partial charge in [-0.15, -0.1) is 11.6 Å². The Balaban J connectivity index is 1.62. The number of alkyl halides is 1. The first-order valence-corrected chi connectivity index (χ1v) is 10.4. The van der Waals surface area contributed by atoms with E-state index < -0.39 is 0 Å². The summed E-state index contributed by atoms with van der Waals surface area (Å²) in [7, 11) is 0. The zero-order chi connectivity index (χ0) is 21.8. The molecular weight excluding hydrogens is 414 g/mol. The number of para-hydroxylation sites is 3. The summed E-state index contributed by atoms with van der Waals surface area (Å²) in [6, 6.07) is 21.4. The number of carbonyl (C=O) groups is 3. The van der Waals surface area contributed by atoms with Gasteiger partial charge in [0, 0.05) is 18.0 Å². The molecule has 0 radical (unpaired) electrons. The van der Waals surface area contributed by atoms with E-state index in [1.165, 1.54) is 0 Å². The van der Waals surface area contributed by atoms with Gasteiger partial charge < -0.3 is 10.6 Å². The Morgan fingerprint density at radius 3 is 2.32 bits per heavy atom. The minimum Gasteiger partial charge on any atom is -0.326 e. The number of fused-ring (bicyclic) bond motifs is 2. The Bertz CT molecular complexity index is 1140. The van der Waals surface area contributed by atoms with Crippen LogP contribution in [-0.2, 0) is 16.0 Å². The van der Waals surface area contributed by atoms with E-state index >= 15 is 0 Å². The van der Waals surface area contributed by atoms with Gasteiger partial charge in [0.1, 0.15) is 0 Å². The topological polar surface area (TPSA) is 78.5 Å². The lowest BCUT2D eigenvalue weighted by molar-refractivity contribution is -0.117. The zero-order valence-electron chi connectivity index (χ0n) is 16.6. The van der Waals surface area contributed by atoms with Gasteiger partial charge in [0.15, 0.2) is 0 Å².